The molecule has 190 valence electrons. The van der Waals surface area contributed by atoms with E-state index < -0.39 is 0 Å². The number of rotatable bonds is 5. The van der Waals surface area contributed by atoms with Crippen LogP contribution in [0.5, 0.6) is 11.5 Å². The number of aromatic nitrogens is 3. The largest absolute Gasteiger partial charge is 0.497 e. The number of nitrogens with zero attached hydrogens (tertiary/aromatic N) is 4. The van der Waals surface area contributed by atoms with Gasteiger partial charge in [-0.15, -0.1) is 0 Å². The molecule has 0 radical (unpaired) electrons. The average Bonchev–Trinajstić information content (AvgIpc) is 3.10. The van der Waals surface area contributed by atoms with Gasteiger partial charge in [-0.2, -0.15) is 0 Å². The van der Waals surface area contributed by atoms with Crippen molar-refractivity contribution in [2.75, 3.05) is 26.7 Å². The third-order valence-electron chi connectivity index (χ3n) is 7.73. The fourth-order valence-electron chi connectivity index (χ4n) is 5.75. The molecule has 6 rings (SSSR count). The SMILES string of the molecule is COc1ccc2c(c1)/C(=C/CCN1CCC(n3c(=O)n(C)c4ccccc43)CC1)c1cccnc1CO2. The summed E-state index contributed by atoms with van der Waals surface area (Å²) in [4.78, 5) is 20.1. The van der Waals surface area contributed by atoms with E-state index in [1.165, 1.54) is 0 Å². The van der Waals surface area contributed by atoms with Crippen LogP contribution in [0.25, 0.3) is 16.6 Å². The summed E-state index contributed by atoms with van der Waals surface area (Å²) in [6.07, 6.45) is 7.01. The van der Waals surface area contributed by atoms with Crippen LogP contribution in [0.2, 0.25) is 0 Å². The van der Waals surface area contributed by atoms with E-state index in [4.69, 9.17) is 9.47 Å². The number of imidazole rings is 1. The number of aryl methyl sites for hydroxylation is 1. The van der Waals surface area contributed by atoms with Gasteiger partial charge in [-0.25, -0.2) is 4.79 Å². The second-order valence-electron chi connectivity index (χ2n) is 9.83. The van der Waals surface area contributed by atoms with Crippen molar-refractivity contribution in [2.24, 2.45) is 7.05 Å². The molecule has 2 aliphatic heterocycles. The molecule has 4 heterocycles. The van der Waals surface area contributed by atoms with Gasteiger partial charge in [0.2, 0.25) is 0 Å². The second-order valence-corrected chi connectivity index (χ2v) is 9.83. The summed E-state index contributed by atoms with van der Waals surface area (Å²) in [6.45, 7) is 3.38. The first-order valence-corrected chi connectivity index (χ1v) is 13.0. The molecule has 0 N–H and O–H groups in total. The molecule has 4 aromatic rings. The first-order valence-electron chi connectivity index (χ1n) is 13.0. The molecule has 37 heavy (non-hydrogen) atoms. The van der Waals surface area contributed by atoms with E-state index in [0.717, 1.165) is 83.8 Å². The van der Waals surface area contributed by atoms with Gasteiger partial charge in [-0.3, -0.25) is 14.1 Å². The van der Waals surface area contributed by atoms with Crippen molar-refractivity contribution in [3.8, 4) is 11.5 Å². The van der Waals surface area contributed by atoms with Gasteiger partial charge in [0.25, 0.3) is 0 Å². The quantitative estimate of drug-likeness (QED) is 0.397. The fourth-order valence-corrected chi connectivity index (χ4v) is 5.75. The van der Waals surface area contributed by atoms with Crippen molar-refractivity contribution in [3.05, 3.63) is 94.2 Å². The number of para-hydroxylation sites is 2. The Kier molecular flexibility index (Phi) is 6.30. The zero-order valence-electron chi connectivity index (χ0n) is 21.4. The number of likely N-dealkylation sites (tertiary alicyclic amines) is 1. The second kappa shape index (κ2) is 9.90. The number of piperidine rings is 1. The number of fused-ring (bicyclic) bond motifs is 3. The van der Waals surface area contributed by atoms with Crippen molar-refractivity contribution in [2.45, 2.75) is 31.9 Å². The van der Waals surface area contributed by atoms with Gasteiger partial charge in [0.05, 0.1) is 23.8 Å². The minimum Gasteiger partial charge on any atom is -0.497 e. The van der Waals surface area contributed by atoms with E-state index >= 15 is 0 Å². The molecule has 0 aliphatic carbocycles. The molecule has 2 aliphatic rings. The smallest absolute Gasteiger partial charge is 0.329 e. The Morgan fingerprint density at radius 3 is 2.68 bits per heavy atom. The van der Waals surface area contributed by atoms with Crippen LogP contribution in [0.1, 0.15) is 42.1 Å². The summed E-state index contributed by atoms with van der Waals surface area (Å²) < 4.78 is 15.4. The van der Waals surface area contributed by atoms with Crippen LogP contribution in [0, 0.1) is 0 Å². The Morgan fingerprint density at radius 1 is 1.05 bits per heavy atom. The highest BCUT2D eigenvalue weighted by Gasteiger charge is 2.25. The van der Waals surface area contributed by atoms with Crippen LogP contribution < -0.4 is 15.2 Å². The molecule has 0 saturated carbocycles. The molecule has 0 spiro atoms. The number of ether oxygens (including phenoxy) is 2. The van der Waals surface area contributed by atoms with E-state index in [1.54, 1.807) is 11.7 Å². The molecule has 2 aromatic heterocycles. The highest BCUT2D eigenvalue weighted by atomic mass is 16.5. The third kappa shape index (κ3) is 4.33. The fraction of sp³-hybridized carbons (Fsp3) is 0.333. The Labute approximate surface area is 216 Å². The Hall–Kier alpha value is -3.84. The summed E-state index contributed by atoms with van der Waals surface area (Å²) in [5.41, 5.74) is 6.37. The van der Waals surface area contributed by atoms with Gasteiger partial charge >= 0.3 is 5.69 Å². The molecule has 0 amide bonds. The number of pyridine rings is 1. The van der Waals surface area contributed by atoms with Gasteiger partial charge in [0.1, 0.15) is 18.1 Å². The van der Waals surface area contributed by atoms with Crippen LogP contribution in [-0.2, 0) is 13.7 Å². The summed E-state index contributed by atoms with van der Waals surface area (Å²) >= 11 is 0. The first kappa shape index (κ1) is 23.6. The third-order valence-corrected chi connectivity index (χ3v) is 7.73. The number of hydrogen-bond donors (Lipinski definition) is 0. The molecular weight excluding hydrogens is 464 g/mol. The Bertz CT molecular complexity index is 1530. The van der Waals surface area contributed by atoms with Crippen molar-refractivity contribution in [1.82, 2.24) is 19.0 Å². The summed E-state index contributed by atoms with van der Waals surface area (Å²) in [7, 11) is 3.55. The zero-order valence-corrected chi connectivity index (χ0v) is 21.4. The van der Waals surface area contributed by atoms with E-state index in [0.29, 0.717) is 6.61 Å². The maximum absolute atomic E-state index is 13.0. The van der Waals surface area contributed by atoms with Gasteiger partial charge in [-0.05, 0) is 61.2 Å². The van der Waals surface area contributed by atoms with Crippen LogP contribution in [-0.4, -0.2) is 45.8 Å². The number of hydrogen-bond acceptors (Lipinski definition) is 5. The Balaban J connectivity index is 1.19. The molecule has 0 bridgehead atoms. The molecule has 1 saturated heterocycles. The van der Waals surface area contributed by atoms with Crippen molar-refractivity contribution < 1.29 is 9.47 Å². The average molecular weight is 497 g/mol. The minimum absolute atomic E-state index is 0.0846. The first-order chi connectivity index (χ1) is 18.1. The topological polar surface area (TPSA) is 61.5 Å². The van der Waals surface area contributed by atoms with Crippen molar-refractivity contribution in [1.29, 1.82) is 0 Å². The summed E-state index contributed by atoms with van der Waals surface area (Å²) in [6, 6.07) is 18.4. The predicted molar refractivity (Wildman–Crippen MR) is 145 cm³/mol. The van der Waals surface area contributed by atoms with Crippen LogP contribution in [0.15, 0.2) is 71.7 Å². The molecule has 2 aromatic carbocycles. The molecule has 7 heteroatoms. The van der Waals surface area contributed by atoms with Crippen molar-refractivity contribution in [3.63, 3.8) is 0 Å². The normalized spacial score (nSPS) is 17.3. The number of benzene rings is 2. The molecule has 0 atom stereocenters. The summed E-state index contributed by atoms with van der Waals surface area (Å²) in [5, 5.41) is 0. The highest BCUT2D eigenvalue weighted by Crippen LogP contribution is 2.38. The maximum atomic E-state index is 13.0. The monoisotopic (exact) mass is 496 g/mol. The summed E-state index contributed by atoms with van der Waals surface area (Å²) in [5.74, 6) is 1.66. The van der Waals surface area contributed by atoms with Gasteiger partial charge in [0.15, 0.2) is 0 Å². The molecule has 1 fully saturated rings. The predicted octanol–water partition coefficient (Wildman–Crippen LogP) is 4.79. The lowest BCUT2D eigenvalue weighted by atomic mass is 9.95. The lowest BCUT2D eigenvalue weighted by molar-refractivity contribution is 0.189. The molecule has 7 nitrogen and oxygen atoms in total. The Morgan fingerprint density at radius 2 is 1.86 bits per heavy atom. The highest BCUT2D eigenvalue weighted by molar-refractivity contribution is 5.85. The van der Waals surface area contributed by atoms with Gasteiger partial charge in [0, 0.05) is 50.0 Å². The van der Waals surface area contributed by atoms with Crippen LogP contribution in [0.3, 0.4) is 0 Å². The molecular formula is C30H32N4O3. The van der Waals surface area contributed by atoms with Gasteiger partial charge in [-0.1, -0.05) is 24.3 Å². The lowest BCUT2D eigenvalue weighted by Crippen LogP contribution is -2.38. The van der Waals surface area contributed by atoms with Crippen LogP contribution >= 0.6 is 0 Å². The van der Waals surface area contributed by atoms with E-state index in [2.05, 4.69) is 34.2 Å². The lowest BCUT2D eigenvalue weighted by Gasteiger charge is -2.32. The van der Waals surface area contributed by atoms with Gasteiger partial charge < -0.3 is 14.4 Å². The van der Waals surface area contributed by atoms with E-state index in [1.807, 2.05) is 54.2 Å². The minimum atomic E-state index is 0.0846. The zero-order chi connectivity index (χ0) is 25.4. The van der Waals surface area contributed by atoms with Crippen molar-refractivity contribution >= 4 is 16.6 Å². The standard InChI is InChI=1S/C30H32N4O3/c1-32-27-9-3-4-10-28(27)34(30(32)35)21-13-17-33(18-14-21)16-6-8-23-24-7-5-15-31-26(24)20-37-29-12-11-22(36-2)19-25(23)29/h3-5,7-12,15,19,21H,6,13-14,16-18,20H2,1-2H3/b23-8+. The van der Waals surface area contributed by atoms with E-state index in [-0.39, 0.29) is 11.7 Å². The number of methoxy groups -OCH3 is 1. The molecule has 0 unspecified atom stereocenters. The van der Waals surface area contributed by atoms with Crippen LogP contribution in [0.4, 0.5) is 0 Å². The maximum Gasteiger partial charge on any atom is 0.329 e. The van der Waals surface area contributed by atoms with E-state index in [9.17, 15) is 4.79 Å².